The molecule has 2 bridgehead atoms. The topological polar surface area (TPSA) is 58.5 Å². The molecule has 5 nitrogen and oxygen atoms in total. The van der Waals surface area contributed by atoms with Crippen LogP contribution in [0.5, 0.6) is 5.88 Å². The van der Waals surface area contributed by atoms with Gasteiger partial charge in [-0.2, -0.15) is 4.37 Å². The van der Waals surface area contributed by atoms with Crippen LogP contribution in [0, 0.1) is 5.92 Å². The molecule has 6 heteroatoms. The summed E-state index contributed by atoms with van der Waals surface area (Å²) in [7, 11) is 0. The molecule has 0 spiro atoms. The summed E-state index contributed by atoms with van der Waals surface area (Å²) in [5.41, 5.74) is 0.946. The molecule has 1 N–H and O–H groups in total. The molecule has 2 aliphatic rings. The van der Waals surface area contributed by atoms with E-state index in [4.69, 9.17) is 4.74 Å². The van der Waals surface area contributed by atoms with E-state index < -0.39 is 0 Å². The highest BCUT2D eigenvalue weighted by atomic mass is 32.1. The average molecular weight is 281 g/mol. The van der Waals surface area contributed by atoms with E-state index in [-0.39, 0.29) is 12.1 Å². The van der Waals surface area contributed by atoms with Gasteiger partial charge in [0.2, 0.25) is 0 Å². The molecule has 2 fully saturated rings. The van der Waals surface area contributed by atoms with Crippen LogP contribution in [0.4, 0.5) is 0 Å². The van der Waals surface area contributed by atoms with E-state index in [1.54, 1.807) is 0 Å². The fourth-order valence-electron chi connectivity index (χ4n) is 3.00. The highest BCUT2D eigenvalue weighted by Gasteiger charge is 2.41. The number of ether oxygens (including phenoxy) is 1. The number of aliphatic hydroxyl groups excluding tert-OH is 1. The first-order valence-electron chi connectivity index (χ1n) is 6.78. The van der Waals surface area contributed by atoms with Crippen LogP contribution < -0.4 is 4.74 Å². The maximum Gasteiger partial charge on any atom is 0.251 e. The summed E-state index contributed by atoms with van der Waals surface area (Å²) in [6.07, 6.45) is 5.84. The molecule has 0 amide bonds. The Morgan fingerprint density at radius 3 is 3.16 bits per heavy atom. The van der Waals surface area contributed by atoms with Crippen molar-refractivity contribution < 1.29 is 9.84 Å². The first-order chi connectivity index (χ1) is 9.29. The number of aliphatic hydroxyl groups is 1. The summed E-state index contributed by atoms with van der Waals surface area (Å²) in [6.45, 7) is 4.22. The molecular formula is C13H19N3O2S. The standard InChI is InChI=1S/C13H19N3O2S/c1-2-3-6-18-13-12(14-19-15-13)10-5-4-9-7-16(10)8-11(9)17/h2-3,9-11,17H,4-8H2,1H3. The molecule has 0 aromatic carbocycles. The van der Waals surface area contributed by atoms with Gasteiger partial charge >= 0.3 is 0 Å². The van der Waals surface area contributed by atoms with Crippen molar-refractivity contribution in [1.29, 1.82) is 0 Å². The molecule has 0 aliphatic carbocycles. The number of piperidine rings is 1. The molecule has 2 saturated heterocycles. The molecule has 0 radical (unpaired) electrons. The predicted molar refractivity (Wildman–Crippen MR) is 73.3 cm³/mol. The number of hydrogen-bond donors (Lipinski definition) is 1. The zero-order chi connectivity index (χ0) is 13.2. The second kappa shape index (κ2) is 5.56. The summed E-state index contributed by atoms with van der Waals surface area (Å²) in [6, 6.07) is 0.257. The average Bonchev–Trinajstić information content (AvgIpc) is 2.97. The van der Waals surface area contributed by atoms with Crippen molar-refractivity contribution in [2.45, 2.75) is 31.9 Å². The lowest BCUT2D eigenvalue weighted by atomic mass is 9.93. The van der Waals surface area contributed by atoms with E-state index in [0.717, 1.165) is 31.6 Å². The fourth-order valence-corrected chi connectivity index (χ4v) is 3.55. The molecule has 19 heavy (non-hydrogen) atoms. The predicted octanol–water partition coefficient (Wildman–Crippen LogP) is 1.62. The van der Waals surface area contributed by atoms with Gasteiger partial charge in [-0.1, -0.05) is 12.2 Å². The maximum absolute atomic E-state index is 9.94. The Hall–Kier alpha value is -0.980. The Kier molecular flexibility index (Phi) is 3.81. The minimum absolute atomic E-state index is 0.177. The van der Waals surface area contributed by atoms with Gasteiger partial charge in [-0.15, -0.1) is 4.37 Å². The highest BCUT2D eigenvalue weighted by Crippen LogP contribution is 2.41. The lowest BCUT2D eigenvalue weighted by molar-refractivity contribution is 0.144. The van der Waals surface area contributed by atoms with Crippen LogP contribution in [0.15, 0.2) is 12.2 Å². The Balaban J connectivity index is 1.73. The molecule has 2 aliphatic heterocycles. The first kappa shape index (κ1) is 13.0. The minimum Gasteiger partial charge on any atom is -0.471 e. The third-order valence-corrected chi connectivity index (χ3v) is 4.56. The summed E-state index contributed by atoms with van der Waals surface area (Å²) < 4.78 is 14.3. The van der Waals surface area contributed by atoms with Crippen molar-refractivity contribution in [3.8, 4) is 5.88 Å². The van der Waals surface area contributed by atoms with Gasteiger partial charge in [-0.25, -0.2) is 0 Å². The lowest BCUT2D eigenvalue weighted by Gasteiger charge is -2.30. The maximum atomic E-state index is 9.94. The van der Waals surface area contributed by atoms with Crippen LogP contribution in [-0.4, -0.2) is 44.6 Å². The Morgan fingerprint density at radius 1 is 1.42 bits per heavy atom. The number of fused-ring (bicyclic) bond motifs is 2. The van der Waals surface area contributed by atoms with Gasteiger partial charge in [0, 0.05) is 13.1 Å². The number of hydrogen-bond acceptors (Lipinski definition) is 6. The quantitative estimate of drug-likeness (QED) is 0.850. The molecule has 4 atom stereocenters. The largest absolute Gasteiger partial charge is 0.471 e. The summed E-state index contributed by atoms with van der Waals surface area (Å²) in [5.74, 6) is 1.10. The monoisotopic (exact) mass is 281 g/mol. The normalized spacial score (nSPS) is 34.0. The molecule has 1 aromatic heterocycles. The Labute approximate surface area is 117 Å². The summed E-state index contributed by atoms with van der Waals surface area (Å²) in [4.78, 5) is 2.32. The number of nitrogens with zero attached hydrogens (tertiary/aromatic N) is 3. The van der Waals surface area contributed by atoms with Crippen LogP contribution in [0.2, 0.25) is 0 Å². The van der Waals surface area contributed by atoms with E-state index in [1.165, 1.54) is 11.7 Å². The van der Waals surface area contributed by atoms with Gasteiger partial charge < -0.3 is 9.84 Å². The Bertz CT molecular complexity index is 460. The highest BCUT2D eigenvalue weighted by molar-refractivity contribution is 6.99. The van der Waals surface area contributed by atoms with Crippen LogP contribution in [0.1, 0.15) is 31.5 Å². The molecule has 4 unspecified atom stereocenters. The smallest absolute Gasteiger partial charge is 0.251 e. The number of allylic oxidation sites excluding steroid dienone is 1. The lowest BCUT2D eigenvalue weighted by Crippen LogP contribution is -2.31. The van der Waals surface area contributed by atoms with E-state index in [0.29, 0.717) is 18.4 Å². The molecular weight excluding hydrogens is 262 g/mol. The second-order valence-corrected chi connectivity index (χ2v) is 5.74. The van der Waals surface area contributed by atoms with Crippen LogP contribution in [0.3, 0.4) is 0 Å². The van der Waals surface area contributed by atoms with E-state index in [9.17, 15) is 5.11 Å². The van der Waals surface area contributed by atoms with Crippen molar-refractivity contribution in [3.05, 3.63) is 17.8 Å². The van der Waals surface area contributed by atoms with E-state index in [2.05, 4.69) is 13.6 Å². The molecule has 104 valence electrons. The van der Waals surface area contributed by atoms with Crippen molar-refractivity contribution in [2.24, 2.45) is 5.92 Å². The van der Waals surface area contributed by atoms with Gasteiger partial charge in [0.15, 0.2) is 0 Å². The van der Waals surface area contributed by atoms with Gasteiger partial charge in [0.1, 0.15) is 12.3 Å². The van der Waals surface area contributed by atoms with Gasteiger partial charge in [-0.05, 0) is 25.7 Å². The Morgan fingerprint density at radius 2 is 2.32 bits per heavy atom. The van der Waals surface area contributed by atoms with Gasteiger partial charge in [0.05, 0.1) is 23.9 Å². The van der Waals surface area contributed by atoms with Gasteiger partial charge in [-0.3, -0.25) is 4.90 Å². The number of rotatable bonds is 4. The molecule has 1 aromatic rings. The number of aromatic nitrogens is 2. The van der Waals surface area contributed by atoms with Crippen molar-refractivity contribution >= 4 is 11.7 Å². The van der Waals surface area contributed by atoms with Crippen molar-refractivity contribution in [3.63, 3.8) is 0 Å². The van der Waals surface area contributed by atoms with Crippen LogP contribution >= 0.6 is 11.7 Å². The van der Waals surface area contributed by atoms with Crippen molar-refractivity contribution in [1.82, 2.24) is 13.6 Å². The van der Waals surface area contributed by atoms with Crippen LogP contribution in [0.25, 0.3) is 0 Å². The molecule has 3 heterocycles. The zero-order valence-corrected chi connectivity index (χ0v) is 11.8. The first-order valence-corrected chi connectivity index (χ1v) is 7.51. The second-order valence-electron chi connectivity index (χ2n) is 5.21. The summed E-state index contributed by atoms with van der Waals surface area (Å²) >= 11 is 1.21. The fraction of sp³-hybridized carbons (Fsp3) is 0.692. The van der Waals surface area contributed by atoms with Crippen LogP contribution in [-0.2, 0) is 0 Å². The molecule has 3 rings (SSSR count). The van der Waals surface area contributed by atoms with E-state index in [1.807, 2.05) is 19.1 Å². The zero-order valence-electron chi connectivity index (χ0n) is 11.0. The van der Waals surface area contributed by atoms with Gasteiger partial charge in [0.25, 0.3) is 5.88 Å². The third-order valence-electron chi connectivity index (χ3n) is 4.04. The molecule has 0 saturated carbocycles. The summed E-state index contributed by atoms with van der Waals surface area (Å²) in [5, 5.41) is 9.94. The third kappa shape index (κ3) is 2.52. The van der Waals surface area contributed by atoms with Crippen molar-refractivity contribution in [2.75, 3.05) is 19.7 Å². The SMILES string of the molecule is CC=CCOc1nsnc1C1CCC2CN1CC2O. The minimum atomic E-state index is -0.177. The van der Waals surface area contributed by atoms with E-state index >= 15 is 0 Å².